The lowest BCUT2D eigenvalue weighted by atomic mass is 10.0. The first-order valence-electron chi connectivity index (χ1n) is 8.69. The molecule has 5 rings (SSSR count). The molecule has 0 bridgehead atoms. The van der Waals surface area contributed by atoms with Crippen LogP contribution in [0.2, 0.25) is 0 Å². The summed E-state index contributed by atoms with van der Waals surface area (Å²) in [6.07, 6.45) is 1.04. The lowest BCUT2D eigenvalue weighted by molar-refractivity contribution is -0.120. The number of rotatable bonds is 3. The van der Waals surface area contributed by atoms with Crippen LogP contribution in [-0.2, 0) is 9.63 Å². The number of carbonyl (C=O) groups excluding carboxylic acids is 2. The lowest BCUT2D eigenvalue weighted by Gasteiger charge is -2.14. The van der Waals surface area contributed by atoms with Crippen molar-refractivity contribution in [2.24, 2.45) is 11.1 Å². The van der Waals surface area contributed by atoms with Crippen LogP contribution in [0, 0.1) is 5.92 Å². The number of carbonyl (C=O) groups is 2. The average molecular weight is 347 g/mol. The highest BCUT2D eigenvalue weighted by Crippen LogP contribution is 2.52. The largest absolute Gasteiger partial charge is 0.391 e. The van der Waals surface area contributed by atoms with Crippen molar-refractivity contribution < 1.29 is 14.4 Å². The standard InChI is InChI=1S/C20H17N3O3/c24-18-20(21-19(25)23(18)14-9-5-2-6-10-14)12-15(20)17-11-16(22-26-17)13-7-3-1-4-8-13/h1-10,15,17H,11-12H2,(H,21,25)/t15-,17+,20+/m0/s1. The molecule has 2 aromatic carbocycles. The molecule has 1 spiro atoms. The van der Waals surface area contributed by atoms with Crippen LogP contribution < -0.4 is 10.2 Å². The van der Waals surface area contributed by atoms with Crippen molar-refractivity contribution in [3.63, 3.8) is 0 Å². The molecule has 6 heteroatoms. The van der Waals surface area contributed by atoms with Crippen LogP contribution >= 0.6 is 0 Å². The third kappa shape index (κ3) is 2.15. The van der Waals surface area contributed by atoms with Gasteiger partial charge in [0.15, 0.2) is 0 Å². The van der Waals surface area contributed by atoms with Gasteiger partial charge in [-0.1, -0.05) is 53.7 Å². The zero-order chi connectivity index (χ0) is 17.7. The summed E-state index contributed by atoms with van der Waals surface area (Å²) in [5.74, 6) is -0.256. The summed E-state index contributed by atoms with van der Waals surface area (Å²) >= 11 is 0. The van der Waals surface area contributed by atoms with Crippen molar-refractivity contribution in [3.05, 3.63) is 66.2 Å². The molecule has 6 nitrogen and oxygen atoms in total. The molecule has 130 valence electrons. The Kier molecular flexibility index (Phi) is 3.16. The van der Waals surface area contributed by atoms with Crippen LogP contribution in [-0.4, -0.2) is 29.3 Å². The van der Waals surface area contributed by atoms with E-state index in [4.69, 9.17) is 4.84 Å². The molecule has 0 aromatic heterocycles. The quantitative estimate of drug-likeness (QED) is 0.868. The predicted octanol–water partition coefficient (Wildman–Crippen LogP) is 2.69. The number of benzene rings is 2. The normalized spacial score (nSPS) is 29.5. The molecule has 3 aliphatic rings. The maximum absolute atomic E-state index is 13.0. The smallest absolute Gasteiger partial charge is 0.329 e. The fourth-order valence-electron chi connectivity index (χ4n) is 3.94. The van der Waals surface area contributed by atoms with Gasteiger partial charge in [-0.05, 0) is 24.1 Å². The molecule has 2 aromatic rings. The van der Waals surface area contributed by atoms with Gasteiger partial charge in [-0.25, -0.2) is 9.69 Å². The predicted molar refractivity (Wildman–Crippen MR) is 95.8 cm³/mol. The molecule has 1 saturated carbocycles. The Morgan fingerprint density at radius 1 is 1.04 bits per heavy atom. The van der Waals surface area contributed by atoms with Crippen LogP contribution in [0.5, 0.6) is 0 Å². The summed E-state index contributed by atoms with van der Waals surface area (Å²) in [4.78, 5) is 32.2. The van der Waals surface area contributed by atoms with Crippen molar-refractivity contribution >= 4 is 23.3 Å². The van der Waals surface area contributed by atoms with E-state index in [0.717, 1.165) is 11.3 Å². The van der Waals surface area contributed by atoms with Crippen molar-refractivity contribution in [1.29, 1.82) is 0 Å². The molecule has 0 unspecified atom stereocenters. The number of anilines is 1. The molecule has 0 radical (unpaired) electrons. The van der Waals surface area contributed by atoms with Gasteiger partial charge in [-0.15, -0.1) is 0 Å². The highest BCUT2D eigenvalue weighted by Gasteiger charge is 2.70. The zero-order valence-corrected chi connectivity index (χ0v) is 14.0. The summed E-state index contributed by atoms with van der Waals surface area (Å²) in [6.45, 7) is 0. The molecule has 2 fully saturated rings. The van der Waals surface area contributed by atoms with E-state index < -0.39 is 5.54 Å². The van der Waals surface area contributed by atoms with Crippen LogP contribution in [0.4, 0.5) is 10.5 Å². The van der Waals surface area contributed by atoms with E-state index in [1.54, 1.807) is 12.1 Å². The van der Waals surface area contributed by atoms with E-state index in [1.807, 2.05) is 48.5 Å². The van der Waals surface area contributed by atoms with Gasteiger partial charge >= 0.3 is 6.03 Å². The third-order valence-electron chi connectivity index (χ3n) is 5.40. The van der Waals surface area contributed by atoms with Crippen LogP contribution in [0.3, 0.4) is 0 Å². The van der Waals surface area contributed by atoms with E-state index in [-0.39, 0.29) is 24.0 Å². The van der Waals surface area contributed by atoms with E-state index in [1.165, 1.54) is 4.90 Å². The van der Waals surface area contributed by atoms with E-state index in [9.17, 15) is 9.59 Å². The second-order valence-electron chi connectivity index (χ2n) is 6.94. The number of oxime groups is 1. The summed E-state index contributed by atoms with van der Waals surface area (Å²) in [5.41, 5.74) is 1.65. The summed E-state index contributed by atoms with van der Waals surface area (Å²) in [5, 5.41) is 7.09. The molecule has 1 aliphatic carbocycles. The molecule has 26 heavy (non-hydrogen) atoms. The van der Waals surface area contributed by atoms with Gasteiger partial charge in [0.05, 0.1) is 11.4 Å². The molecule has 1 saturated heterocycles. The molecular formula is C20H17N3O3. The first-order valence-corrected chi connectivity index (χ1v) is 8.69. The van der Waals surface area contributed by atoms with Crippen molar-refractivity contribution in [1.82, 2.24) is 5.32 Å². The van der Waals surface area contributed by atoms with Gasteiger partial charge in [0.1, 0.15) is 11.6 Å². The number of hydrogen-bond acceptors (Lipinski definition) is 4. The van der Waals surface area contributed by atoms with Crippen molar-refractivity contribution in [3.8, 4) is 0 Å². The molecule has 2 aliphatic heterocycles. The Balaban J connectivity index is 1.33. The van der Waals surface area contributed by atoms with E-state index in [0.29, 0.717) is 18.5 Å². The number of hydrogen-bond donors (Lipinski definition) is 1. The number of nitrogens with one attached hydrogen (secondary N) is 1. The Hall–Kier alpha value is -3.15. The second kappa shape index (κ2) is 5.42. The Bertz CT molecular complexity index is 912. The minimum Gasteiger partial charge on any atom is -0.391 e. The third-order valence-corrected chi connectivity index (χ3v) is 5.40. The molecule has 1 N–H and O–H groups in total. The van der Waals surface area contributed by atoms with Crippen LogP contribution in [0.25, 0.3) is 0 Å². The van der Waals surface area contributed by atoms with Gasteiger partial charge in [0, 0.05) is 12.3 Å². The highest BCUT2D eigenvalue weighted by atomic mass is 16.6. The van der Waals surface area contributed by atoms with Crippen LogP contribution in [0.1, 0.15) is 18.4 Å². The Morgan fingerprint density at radius 2 is 1.73 bits per heavy atom. The molecule has 3 atom stereocenters. The molecule has 3 amide bonds. The van der Waals surface area contributed by atoms with Crippen molar-refractivity contribution in [2.45, 2.75) is 24.5 Å². The highest BCUT2D eigenvalue weighted by molar-refractivity contribution is 6.24. The number of nitrogens with zero attached hydrogens (tertiary/aromatic N) is 2. The lowest BCUT2D eigenvalue weighted by Crippen LogP contribution is -2.37. The minimum absolute atomic E-state index is 0.0578. The first-order chi connectivity index (χ1) is 12.7. The van der Waals surface area contributed by atoms with E-state index in [2.05, 4.69) is 10.5 Å². The average Bonchev–Trinajstić information content (AvgIpc) is 3.08. The van der Waals surface area contributed by atoms with Crippen molar-refractivity contribution in [2.75, 3.05) is 4.90 Å². The maximum atomic E-state index is 13.0. The number of urea groups is 1. The minimum atomic E-state index is -0.848. The van der Waals surface area contributed by atoms with Gasteiger partial charge in [-0.3, -0.25) is 4.79 Å². The van der Waals surface area contributed by atoms with Crippen LogP contribution in [0.15, 0.2) is 65.8 Å². The summed E-state index contributed by atoms with van der Waals surface area (Å²) in [7, 11) is 0. The summed E-state index contributed by atoms with van der Waals surface area (Å²) in [6, 6.07) is 18.5. The topological polar surface area (TPSA) is 71.0 Å². The Morgan fingerprint density at radius 3 is 2.46 bits per heavy atom. The van der Waals surface area contributed by atoms with Gasteiger partial charge < -0.3 is 10.2 Å². The van der Waals surface area contributed by atoms with E-state index >= 15 is 0 Å². The summed E-state index contributed by atoms with van der Waals surface area (Å²) < 4.78 is 0. The monoisotopic (exact) mass is 347 g/mol. The SMILES string of the molecule is O=C1N[C@@]2(C[C@H]2[C@H]2CC(c3ccccc3)=NO2)C(=O)N1c1ccccc1. The number of para-hydroxylation sites is 1. The fourth-order valence-corrected chi connectivity index (χ4v) is 3.94. The van der Waals surface area contributed by atoms with Gasteiger partial charge in [0.2, 0.25) is 0 Å². The second-order valence-corrected chi connectivity index (χ2v) is 6.94. The fraction of sp³-hybridized carbons (Fsp3) is 0.250. The molecule has 2 heterocycles. The van der Waals surface area contributed by atoms with Gasteiger partial charge in [-0.2, -0.15) is 0 Å². The van der Waals surface area contributed by atoms with Gasteiger partial charge in [0.25, 0.3) is 5.91 Å². The first kappa shape index (κ1) is 15.1. The molecular weight excluding hydrogens is 330 g/mol. The number of amides is 3. The zero-order valence-electron chi connectivity index (χ0n) is 14.0. The maximum Gasteiger partial charge on any atom is 0.329 e. The number of imide groups is 1. The Labute approximate surface area is 150 Å².